The molecule has 3 unspecified atom stereocenters. The SMILES string of the molecule is CCCCCCC/C=C\C/C=C\C/C=C\CCCCCCCCCCCCCCCCC(=O)NC(COP(=O)([O-])OCC[N+](C)(C)C)C(O)CCCCCCCCCCCCCCCCCCC. The van der Waals surface area contributed by atoms with Gasteiger partial charge in [0.25, 0.3) is 7.82 Å². The first kappa shape index (κ1) is 66.7. The minimum Gasteiger partial charge on any atom is -0.756 e. The van der Waals surface area contributed by atoms with E-state index in [9.17, 15) is 19.4 Å². The van der Waals surface area contributed by atoms with Crippen LogP contribution in [0.25, 0.3) is 0 Å². The summed E-state index contributed by atoms with van der Waals surface area (Å²) in [5.41, 5.74) is 0. The van der Waals surface area contributed by atoms with E-state index in [4.69, 9.17) is 9.05 Å². The predicted molar refractivity (Wildman–Crippen MR) is 293 cm³/mol. The van der Waals surface area contributed by atoms with E-state index in [-0.39, 0.29) is 19.1 Å². The molecular formula is C59H115N2O6P. The highest BCUT2D eigenvalue weighted by atomic mass is 31.2. The van der Waals surface area contributed by atoms with Gasteiger partial charge in [-0.25, -0.2) is 0 Å². The molecule has 0 spiro atoms. The van der Waals surface area contributed by atoms with Crippen molar-refractivity contribution >= 4 is 13.7 Å². The van der Waals surface area contributed by atoms with Gasteiger partial charge in [-0.3, -0.25) is 9.36 Å². The predicted octanol–water partition coefficient (Wildman–Crippen LogP) is 17.1. The van der Waals surface area contributed by atoms with Gasteiger partial charge in [0.15, 0.2) is 0 Å². The maximum atomic E-state index is 13.0. The highest BCUT2D eigenvalue weighted by Crippen LogP contribution is 2.38. The van der Waals surface area contributed by atoms with Gasteiger partial charge in [0, 0.05) is 6.42 Å². The Morgan fingerprint density at radius 2 is 0.853 bits per heavy atom. The molecule has 0 aromatic rings. The Balaban J connectivity index is 4.10. The number of rotatable bonds is 54. The van der Waals surface area contributed by atoms with E-state index < -0.39 is 20.0 Å². The molecule has 0 saturated heterocycles. The molecule has 1 amide bonds. The van der Waals surface area contributed by atoms with Gasteiger partial charge in [-0.05, 0) is 51.4 Å². The number of aliphatic hydroxyl groups is 1. The molecular weight excluding hydrogens is 864 g/mol. The van der Waals surface area contributed by atoms with Crippen LogP contribution in [0.5, 0.6) is 0 Å². The van der Waals surface area contributed by atoms with Crippen LogP contribution in [0.1, 0.15) is 284 Å². The Morgan fingerprint density at radius 3 is 1.24 bits per heavy atom. The van der Waals surface area contributed by atoms with E-state index in [1.54, 1.807) is 0 Å². The summed E-state index contributed by atoms with van der Waals surface area (Å²) in [6, 6.07) is -0.801. The lowest BCUT2D eigenvalue weighted by molar-refractivity contribution is -0.870. The second kappa shape index (κ2) is 50.7. The highest BCUT2D eigenvalue weighted by Gasteiger charge is 2.24. The minimum atomic E-state index is -4.57. The molecule has 0 aliphatic heterocycles. The first-order valence-electron chi connectivity index (χ1n) is 29.3. The van der Waals surface area contributed by atoms with Crippen LogP contribution < -0.4 is 10.2 Å². The number of quaternary nitrogens is 1. The number of carbonyl (C=O) groups is 1. The van der Waals surface area contributed by atoms with Crippen LogP contribution in [-0.2, 0) is 18.4 Å². The van der Waals surface area contributed by atoms with Gasteiger partial charge in [0.2, 0.25) is 5.91 Å². The van der Waals surface area contributed by atoms with Crippen molar-refractivity contribution in [2.24, 2.45) is 0 Å². The molecule has 0 rings (SSSR count). The zero-order valence-electron chi connectivity index (χ0n) is 45.8. The van der Waals surface area contributed by atoms with Crippen LogP contribution in [-0.4, -0.2) is 68.5 Å². The maximum absolute atomic E-state index is 13.0. The molecule has 0 aliphatic carbocycles. The first-order chi connectivity index (χ1) is 33.0. The molecule has 0 heterocycles. The second-order valence-electron chi connectivity index (χ2n) is 21.4. The Bertz CT molecular complexity index is 1200. The first-order valence-corrected chi connectivity index (χ1v) is 30.8. The van der Waals surface area contributed by atoms with E-state index in [1.165, 1.54) is 205 Å². The zero-order chi connectivity index (χ0) is 49.9. The van der Waals surface area contributed by atoms with Crippen molar-refractivity contribution in [3.05, 3.63) is 36.5 Å². The normalized spacial score (nSPS) is 14.2. The third-order valence-electron chi connectivity index (χ3n) is 13.4. The number of unbranched alkanes of at least 4 members (excludes halogenated alkanes) is 35. The van der Waals surface area contributed by atoms with Gasteiger partial charge in [-0.15, -0.1) is 0 Å². The number of carbonyl (C=O) groups excluding carboxylic acids is 1. The van der Waals surface area contributed by atoms with Crippen LogP contribution in [0.15, 0.2) is 36.5 Å². The Labute approximate surface area is 423 Å². The quantitative estimate of drug-likeness (QED) is 0.0272. The van der Waals surface area contributed by atoms with E-state index in [0.29, 0.717) is 23.9 Å². The van der Waals surface area contributed by atoms with Crippen LogP contribution in [0.4, 0.5) is 0 Å². The fourth-order valence-electron chi connectivity index (χ4n) is 8.76. The second-order valence-corrected chi connectivity index (χ2v) is 22.8. The molecule has 0 fully saturated rings. The van der Waals surface area contributed by atoms with Crippen molar-refractivity contribution in [3.8, 4) is 0 Å². The molecule has 0 aliphatic rings. The fourth-order valence-corrected chi connectivity index (χ4v) is 9.48. The number of hydrogen-bond donors (Lipinski definition) is 2. The van der Waals surface area contributed by atoms with Gasteiger partial charge >= 0.3 is 0 Å². The summed E-state index contributed by atoms with van der Waals surface area (Å²) in [7, 11) is 1.31. The molecule has 0 saturated carbocycles. The average Bonchev–Trinajstić information content (AvgIpc) is 3.30. The molecule has 0 aromatic heterocycles. The molecule has 3 atom stereocenters. The van der Waals surface area contributed by atoms with E-state index >= 15 is 0 Å². The van der Waals surface area contributed by atoms with Crippen molar-refractivity contribution < 1.29 is 32.9 Å². The monoisotopic (exact) mass is 979 g/mol. The lowest BCUT2D eigenvalue weighted by atomic mass is 10.0. The van der Waals surface area contributed by atoms with Gasteiger partial charge in [0.05, 0.1) is 39.9 Å². The molecule has 68 heavy (non-hydrogen) atoms. The third kappa shape index (κ3) is 52.5. The Hall–Kier alpha value is -1.28. The van der Waals surface area contributed by atoms with Crippen molar-refractivity contribution in [1.29, 1.82) is 0 Å². The van der Waals surface area contributed by atoms with E-state index in [2.05, 4.69) is 55.6 Å². The molecule has 8 nitrogen and oxygen atoms in total. The summed E-state index contributed by atoms with van der Waals surface area (Å²) in [4.78, 5) is 25.5. The number of allylic oxidation sites excluding steroid dienone is 6. The number of nitrogens with one attached hydrogen (secondary N) is 1. The lowest BCUT2D eigenvalue weighted by Crippen LogP contribution is -2.46. The summed E-state index contributed by atoms with van der Waals surface area (Å²) in [5, 5.41) is 14.0. The number of nitrogens with zero attached hydrogens (tertiary/aromatic N) is 1. The number of phosphoric ester groups is 1. The fraction of sp³-hybridized carbons (Fsp3) is 0.881. The Kier molecular flexibility index (Phi) is 49.7. The van der Waals surface area contributed by atoms with Gasteiger partial charge < -0.3 is 28.8 Å². The standard InChI is InChI=1S/C59H115N2O6P/c1-6-8-10-12-14-16-18-20-22-24-25-26-27-28-29-30-31-32-33-34-35-37-39-41-43-45-47-49-51-53-59(63)60-57(56-67-68(64,65)66-55-54-61(3,4)5)58(62)52-50-48-46-44-42-40-38-36-23-21-19-17-15-13-11-9-7-2/h18,20,24-25,27-28,57-58,62H,6-17,19,21-23,26,29-56H2,1-5H3,(H-,60,63,64,65)/b20-18-,25-24-,28-27-. The van der Waals surface area contributed by atoms with Crippen molar-refractivity contribution in [3.63, 3.8) is 0 Å². The molecule has 2 N–H and O–H groups in total. The molecule has 0 aromatic carbocycles. The zero-order valence-corrected chi connectivity index (χ0v) is 46.7. The smallest absolute Gasteiger partial charge is 0.268 e. The van der Waals surface area contributed by atoms with Crippen LogP contribution in [0.3, 0.4) is 0 Å². The summed E-state index contributed by atoms with van der Waals surface area (Å²) >= 11 is 0. The van der Waals surface area contributed by atoms with Crippen LogP contribution in [0, 0.1) is 0 Å². The number of phosphoric acid groups is 1. The third-order valence-corrected chi connectivity index (χ3v) is 14.3. The molecule has 9 heteroatoms. The van der Waals surface area contributed by atoms with Crippen LogP contribution in [0.2, 0.25) is 0 Å². The summed E-state index contributed by atoms with van der Waals surface area (Å²) < 4.78 is 23.4. The van der Waals surface area contributed by atoms with Crippen molar-refractivity contribution in [2.45, 2.75) is 296 Å². The summed E-state index contributed by atoms with van der Waals surface area (Å²) in [6.07, 6.45) is 64.6. The summed E-state index contributed by atoms with van der Waals surface area (Å²) in [6.45, 7) is 4.74. The summed E-state index contributed by atoms with van der Waals surface area (Å²) in [5.74, 6) is -0.163. The van der Waals surface area contributed by atoms with Crippen molar-refractivity contribution in [2.75, 3.05) is 40.9 Å². The molecule has 0 bridgehead atoms. The van der Waals surface area contributed by atoms with Crippen molar-refractivity contribution in [1.82, 2.24) is 5.32 Å². The van der Waals surface area contributed by atoms with E-state index in [0.717, 1.165) is 51.4 Å². The highest BCUT2D eigenvalue weighted by molar-refractivity contribution is 7.45. The number of aliphatic hydroxyl groups excluding tert-OH is 1. The Morgan fingerprint density at radius 1 is 0.515 bits per heavy atom. The molecule has 0 radical (unpaired) electrons. The number of likely N-dealkylation sites (N-methyl/N-ethyl adjacent to an activating group) is 1. The lowest BCUT2D eigenvalue weighted by Gasteiger charge is -2.30. The average molecular weight is 980 g/mol. The number of amides is 1. The maximum Gasteiger partial charge on any atom is 0.268 e. The number of hydrogen-bond acceptors (Lipinski definition) is 6. The van der Waals surface area contributed by atoms with E-state index in [1.807, 2.05) is 21.1 Å². The van der Waals surface area contributed by atoms with Gasteiger partial charge in [-0.2, -0.15) is 0 Å². The minimum absolute atomic E-state index is 0.0129. The largest absolute Gasteiger partial charge is 0.756 e. The van der Waals surface area contributed by atoms with Gasteiger partial charge in [-0.1, -0.05) is 262 Å². The topological polar surface area (TPSA) is 108 Å². The van der Waals surface area contributed by atoms with Gasteiger partial charge in [0.1, 0.15) is 13.2 Å². The van der Waals surface area contributed by atoms with Crippen LogP contribution >= 0.6 is 7.82 Å². The molecule has 402 valence electrons.